The first kappa shape index (κ1) is 24.8. The Labute approximate surface area is 206 Å². The number of aryl methyl sites for hydroxylation is 1. The molecule has 0 aliphatic carbocycles. The zero-order valence-corrected chi connectivity index (χ0v) is 19.8. The van der Waals surface area contributed by atoms with Gasteiger partial charge in [0.2, 0.25) is 0 Å². The van der Waals surface area contributed by atoms with Crippen LogP contribution in [0.5, 0.6) is 5.75 Å². The van der Waals surface area contributed by atoms with Crippen molar-refractivity contribution in [1.29, 1.82) is 5.26 Å². The molecule has 0 saturated heterocycles. The first-order valence-corrected chi connectivity index (χ1v) is 10.8. The number of hydrogen-bond donors (Lipinski definition) is 1. The Kier molecular flexibility index (Phi) is 7.90. The van der Waals surface area contributed by atoms with Crippen molar-refractivity contribution in [2.24, 2.45) is 0 Å². The molecule has 172 valence electrons. The number of ether oxygens (including phenoxy) is 1. The van der Waals surface area contributed by atoms with E-state index in [9.17, 15) is 20.2 Å². The number of rotatable bonds is 7. The Morgan fingerprint density at radius 1 is 1.15 bits per heavy atom. The molecule has 0 unspecified atom stereocenters. The number of nitrogens with zero attached hydrogens (tertiary/aromatic N) is 2. The number of carbonyl (C=O) groups is 1. The van der Waals surface area contributed by atoms with E-state index in [1.165, 1.54) is 30.3 Å². The van der Waals surface area contributed by atoms with Gasteiger partial charge in [-0.25, -0.2) is 0 Å². The third-order valence-electron chi connectivity index (χ3n) is 5.08. The van der Waals surface area contributed by atoms with Gasteiger partial charge in [0.05, 0.1) is 15.0 Å². The van der Waals surface area contributed by atoms with Crippen LogP contribution in [0.2, 0.25) is 10.0 Å². The number of nitro groups is 1. The standard InChI is InChI=1S/C25H19Cl2N3O4/c1-15-4-3-5-23(16(15)2)29-25(31)19(13-28)10-18-11-21(26)24(22(27)12-18)34-14-17-6-8-20(9-7-17)30(32)33/h3-12H,14H2,1-2H3,(H,29,31)/b19-10+. The lowest BCUT2D eigenvalue weighted by Crippen LogP contribution is -2.14. The van der Waals surface area contributed by atoms with E-state index in [4.69, 9.17) is 27.9 Å². The van der Waals surface area contributed by atoms with Crippen molar-refractivity contribution in [3.8, 4) is 11.8 Å². The summed E-state index contributed by atoms with van der Waals surface area (Å²) in [6.07, 6.45) is 1.39. The fraction of sp³-hybridized carbons (Fsp3) is 0.120. The highest BCUT2D eigenvalue weighted by atomic mass is 35.5. The largest absolute Gasteiger partial charge is 0.486 e. The van der Waals surface area contributed by atoms with Crippen LogP contribution in [0.25, 0.3) is 6.08 Å². The van der Waals surface area contributed by atoms with Gasteiger partial charge in [0.25, 0.3) is 11.6 Å². The van der Waals surface area contributed by atoms with E-state index >= 15 is 0 Å². The highest BCUT2D eigenvalue weighted by molar-refractivity contribution is 6.37. The predicted molar refractivity (Wildman–Crippen MR) is 132 cm³/mol. The van der Waals surface area contributed by atoms with Gasteiger partial charge in [-0.3, -0.25) is 14.9 Å². The Hall–Kier alpha value is -3.86. The van der Waals surface area contributed by atoms with Gasteiger partial charge in [0.1, 0.15) is 18.2 Å². The topological polar surface area (TPSA) is 105 Å². The third-order valence-corrected chi connectivity index (χ3v) is 5.64. The summed E-state index contributed by atoms with van der Waals surface area (Å²) < 4.78 is 5.69. The lowest BCUT2D eigenvalue weighted by Gasteiger charge is -2.12. The van der Waals surface area contributed by atoms with E-state index in [-0.39, 0.29) is 33.7 Å². The lowest BCUT2D eigenvalue weighted by atomic mass is 10.1. The van der Waals surface area contributed by atoms with Crippen LogP contribution in [0.1, 0.15) is 22.3 Å². The molecule has 34 heavy (non-hydrogen) atoms. The van der Waals surface area contributed by atoms with E-state index in [2.05, 4.69) is 5.32 Å². The number of amides is 1. The van der Waals surface area contributed by atoms with Crippen LogP contribution in [0.3, 0.4) is 0 Å². The van der Waals surface area contributed by atoms with Gasteiger partial charge < -0.3 is 10.1 Å². The van der Waals surface area contributed by atoms with Gasteiger partial charge >= 0.3 is 0 Å². The third kappa shape index (κ3) is 5.93. The van der Waals surface area contributed by atoms with Crippen molar-refractivity contribution in [3.05, 3.63) is 103 Å². The van der Waals surface area contributed by atoms with Crippen LogP contribution in [0.15, 0.2) is 60.2 Å². The molecule has 0 aromatic heterocycles. The average molecular weight is 496 g/mol. The molecule has 0 bridgehead atoms. The van der Waals surface area contributed by atoms with E-state index < -0.39 is 10.8 Å². The fourth-order valence-corrected chi connectivity index (χ4v) is 3.67. The first-order valence-electron chi connectivity index (χ1n) is 10.0. The molecule has 0 aliphatic heterocycles. The summed E-state index contributed by atoms with van der Waals surface area (Å²) >= 11 is 12.7. The minimum atomic E-state index is -0.554. The van der Waals surface area contributed by atoms with E-state index in [0.717, 1.165) is 11.1 Å². The zero-order chi connectivity index (χ0) is 24.8. The van der Waals surface area contributed by atoms with Crippen LogP contribution < -0.4 is 10.1 Å². The smallest absolute Gasteiger partial charge is 0.269 e. The van der Waals surface area contributed by atoms with Crippen LogP contribution >= 0.6 is 23.2 Å². The fourth-order valence-electron chi connectivity index (χ4n) is 3.06. The number of nitriles is 1. The maximum Gasteiger partial charge on any atom is 0.269 e. The van der Waals surface area contributed by atoms with Crippen molar-refractivity contribution in [1.82, 2.24) is 0 Å². The predicted octanol–water partition coefficient (Wildman–Crippen LogP) is 6.64. The van der Waals surface area contributed by atoms with Crippen LogP contribution in [-0.4, -0.2) is 10.8 Å². The minimum absolute atomic E-state index is 0.0224. The molecule has 0 fully saturated rings. The summed E-state index contributed by atoms with van der Waals surface area (Å²) in [5.74, 6) is -0.334. The van der Waals surface area contributed by atoms with Gasteiger partial charge in [0.15, 0.2) is 5.75 Å². The van der Waals surface area contributed by atoms with Gasteiger partial charge in [-0.15, -0.1) is 0 Å². The molecule has 0 atom stereocenters. The Balaban J connectivity index is 1.76. The lowest BCUT2D eigenvalue weighted by molar-refractivity contribution is -0.384. The molecule has 0 saturated carbocycles. The highest BCUT2D eigenvalue weighted by Crippen LogP contribution is 2.35. The Morgan fingerprint density at radius 2 is 1.79 bits per heavy atom. The number of halogens is 2. The summed E-state index contributed by atoms with van der Waals surface area (Å²) in [6, 6.07) is 16.4. The molecule has 9 heteroatoms. The van der Waals surface area contributed by atoms with Crippen molar-refractivity contribution < 1.29 is 14.5 Å². The molecule has 3 rings (SSSR count). The summed E-state index contributed by atoms with van der Waals surface area (Å²) in [7, 11) is 0. The summed E-state index contributed by atoms with van der Waals surface area (Å²) in [5, 5.41) is 23.4. The number of hydrogen-bond acceptors (Lipinski definition) is 5. The van der Waals surface area contributed by atoms with Crippen LogP contribution in [-0.2, 0) is 11.4 Å². The SMILES string of the molecule is Cc1cccc(NC(=O)/C(C#N)=C/c2cc(Cl)c(OCc3ccc([N+](=O)[O-])cc3)c(Cl)c2)c1C. The van der Waals surface area contributed by atoms with Gasteiger partial charge in [-0.1, -0.05) is 35.3 Å². The molecular weight excluding hydrogens is 477 g/mol. The van der Waals surface area contributed by atoms with Crippen LogP contribution in [0, 0.1) is 35.3 Å². The normalized spacial score (nSPS) is 11.0. The molecule has 3 aromatic rings. The number of nitro benzene ring substituents is 1. The van der Waals surface area contributed by atoms with E-state index in [1.54, 1.807) is 18.2 Å². The van der Waals surface area contributed by atoms with Crippen molar-refractivity contribution in [2.45, 2.75) is 20.5 Å². The number of nitrogens with one attached hydrogen (secondary N) is 1. The Morgan fingerprint density at radius 3 is 2.38 bits per heavy atom. The quantitative estimate of drug-likeness (QED) is 0.171. The number of anilines is 1. The number of benzene rings is 3. The molecule has 1 N–H and O–H groups in total. The monoisotopic (exact) mass is 495 g/mol. The maximum atomic E-state index is 12.6. The maximum absolute atomic E-state index is 12.6. The first-order chi connectivity index (χ1) is 16.2. The van der Waals surface area contributed by atoms with Crippen LogP contribution in [0.4, 0.5) is 11.4 Å². The van der Waals surface area contributed by atoms with Crippen molar-refractivity contribution in [3.63, 3.8) is 0 Å². The molecular formula is C25H19Cl2N3O4. The molecule has 0 radical (unpaired) electrons. The van der Waals surface area contributed by atoms with Gasteiger partial charge in [-0.2, -0.15) is 5.26 Å². The summed E-state index contributed by atoms with van der Waals surface area (Å²) in [4.78, 5) is 22.9. The molecule has 0 heterocycles. The average Bonchev–Trinajstić information content (AvgIpc) is 2.80. The number of carbonyl (C=O) groups excluding carboxylic acids is 1. The second-order valence-corrected chi connectivity index (χ2v) is 8.21. The second-order valence-electron chi connectivity index (χ2n) is 7.40. The zero-order valence-electron chi connectivity index (χ0n) is 18.3. The molecule has 0 spiro atoms. The molecule has 1 amide bonds. The minimum Gasteiger partial charge on any atom is -0.486 e. The van der Waals surface area contributed by atoms with Crippen molar-refractivity contribution >= 4 is 46.6 Å². The summed E-state index contributed by atoms with van der Waals surface area (Å²) in [5.41, 5.74) is 3.55. The van der Waals surface area contributed by atoms with Crippen molar-refractivity contribution in [2.75, 3.05) is 5.32 Å². The molecule has 7 nitrogen and oxygen atoms in total. The highest BCUT2D eigenvalue weighted by Gasteiger charge is 2.14. The Bertz CT molecular complexity index is 1310. The van der Waals surface area contributed by atoms with E-state index in [1.807, 2.05) is 32.0 Å². The second kappa shape index (κ2) is 10.8. The van der Waals surface area contributed by atoms with Gasteiger partial charge in [0, 0.05) is 17.8 Å². The number of non-ortho nitro benzene ring substituents is 1. The van der Waals surface area contributed by atoms with E-state index in [0.29, 0.717) is 16.8 Å². The molecule has 3 aromatic carbocycles. The molecule has 0 aliphatic rings. The van der Waals surface area contributed by atoms with Gasteiger partial charge in [-0.05, 0) is 72.5 Å². The summed E-state index contributed by atoms with van der Waals surface area (Å²) in [6.45, 7) is 3.91.